The molecule has 2 aliphatic rings. The van der Waals surface area contributed by atoms with Crippen molar-refractivity contribution in [2.75, 3.05) is 19.7 Å². The van der Waals surface area contributed by atoms with E-state index in [1.807, 2.05) is 30.0 Å². The Morgan fingerprint density at radius 3 is 2.53 bits per heavy atom. The molecule has 0 unspecified atom stereocenters. The molecule has 190 valence electrons. The summed E-state index contributed by atoms with van der Waals surface area (Å²) in [6.07, 6.45) is 10.6. The van der Waals surface area contributed by atoms with E-state index in [1.54, 1.807) is 0 Å². The molecule has 2 fully saturated rings. The second kappa shape index (κ2) is 13.7. The topological polar surface area (TPSA) is 88.1 Å². The van der Waals surface area contributed by atoms with Crippen molar-refractivity contribution in [2.45, 2.75) is 103 Å². The van der Waals surface area contributed by atoms with Crippen LogP contribution in [0.25, 0.3) is 0 Å². The number of carbonyl (C=O) groups excluding carboxylic acids is 1. The number of rotatable bonds is 12. The van der Waals surface area contributed by atoms with Gasteiger partial charge in [-0.05, 0) is 63.0 Å². The third-order valence-corrected chi connectivity index (χ3v) is 7.14. The van der Waals surface area contributed by atoms with E-state index in [-0.39, 0.29) is 18.2 Å². The van der Waals surface area contributed by atoms with Gasteiger partial charge in [0.1, 0.15) is 0 Å². The van der Waals surface area contributed by atoms with Crippen molar-refractivity contribution < 1.29 is 24.2 Å². The first-order chi connectivity index (χ1) is 16.5. The van der Waals surface area contributed by atoms with Crippen molar-refractivity contribution in [3.8, 4) is 0 Å². The van der Waals surface area contributed by atoms with Crippen LogP contribution in [-0.4, -0.2) is 60.0 Å². The van der Waals surface area contributed by atoms with Crippen LogP contribution in [0, 0.1) is 6.92 Å². The maximum absolute atomic E-state index is 12.8. The minimum absolute atomic E-state index is 0.0428. The summed E-state index contributed by atoms with van der Waals surface area (Å²) in [4.78, 5) is 26.4. The molecule has 2 amide bonds. The molecule has 7 nitrogen and oxygen atoms in total. The van der Waals surface area contributed by atoms with Crippen molar-refractivity contribution in [3.05, 3.63) is 34.9 Å². The van der Waals surface area contributed by atoms with Crippen molar-refractivity contribution in [1.29, 1.82) is 0 Å². The van der Waals surface area contributed by atoms with E-state index in [1.165, 1.54) is 12.8 Å². The average molecular weight is 475 g/mol. The fourth-order valence-corrected chi connectivity index (χ4v) is 5.22. The Bertz CT molecular complexity index is 793. The molecule has 2 aliphatic carbocycles. The van der Waals surface area contributed by atoms with Crippen molar-refractivity contribution in [3.63, 3.8) is 0 Å². The molecule has 2 atom stereocenters. The highest BCUT2D eigenvalue weighted by Gasteiger charge is 2.28. The number of aromatic carboxylic acids is 1. The first-order valence-electron chi connectivity index (χ1n) is 13.1. The normalized spacial score (nSPS) is 20.9. The number of hydrogen-bond donors (Lipinski definition) is 2. The molecular formula is C27H42N2O5. The largest absolute Gasteiger partial charge is 0.478 e. The molecule has 1 aromatic carbocycles. The van der Waals surface area contributed by atoms with Gasteiger partial charge < -0.3 is 24.8 Å². The lowest BCUT2D eigenvalue weighted by atomic mass is 9.94. The minimum Gasteiger partial charge on any atom is -0.478 e. The molecule has 0 saturated heterocycles. The summed E-state index contributed by atoms with van der Waals surface area (Å²) in [5, 5.41) is 12.6. The lowest BCUT2D eigenvalue weighted by Gasteiger charge is -2.32. The highest BCUT2D eigenvalue weighted by Crippen LogP contribution is 2.27. The van der Waals surface area contributed by atoms with Crippen LogP contribution in [0.2, 0.25) is 0 Å². The Labute approximate surface area is 204 Å². The van der Waals surface area contributed by atoms with Crippen LogP contribution in [0.3, 0.4) is 0 Å². The molecule has 0 aromatic heterocycles. The number of hydrogen-bond acceptors (Lipinski definition) is 4. The summed E-state index contributed by atoms with van der Waals surface area (Å²) >= 11 is 0. The molecule has 0 aliphatic heterocycles. The van der Waals surface area contributed by atoms with E-state index in [4.69, 9.17) is 9.47 Å². The first-order valence-corrected chi connectivity index (χ1v) is 13.1. The van der Waals surface area contributed by atoms with Crippen LogP contribution in [0.15, 0.2) is 18.2 Å². The summed E-state index contributed by atoms with van der Waals surface area (Å²) in [5.41, 5.74) is 1.82. The number of nitrogens with zero attached hydrogens (tertiary/aromatic N) is 1. The maximum atomic E-state index is 12.8. The van der Waals surface area contributed by atoms with E-state index < -0.39 is 5.97 Å². The number of carboxylic acids is 1. The van der Waals surface area contributed by atoms with E-state index in [0.29, 0.717) is 31.4 Å². The van der Waals surface area contributed by atoms with Gasteiger partial charge in [0.25, 0.3) is 0 Å². The van der Waals surface area contributed by atoms with Crippen molar-refractivity contribution >= 4 is 12.0 Å². The predicted octanol–water partition coefficient (Wildman–Crippen LogP) is 5.29. The van der Waals surface area contributed by atoms with E-state index >= 15 is 0 Å². The fraction of sp³-hybridized carbons (Fsp3) is 0.704. The van der Waals surface area contributed by atoms with Crippen LogP contribution < -0.4 is 5.32 Å². The molecule has 0 bridgehead atoms. The van der Waals surface area contributed by atoms with Crippen LogP contribution in [0.4, 0.5) is 4.79 Å². The highest BCUT2D eigenvalue weighted by molar-refractivity contribution is 5.91. The molecule has 3 rings (SSSR count). The second-order valence-corrected chi connectivity index (χ2v) is 9.72. The molecule has 1 aromatic rings. The Hall–Kier alpha value is -2.12. The van der Waals surface area contributed by atoms with Gasteiger partial charge in [0.15, 0.2) is 0 Å². The van der Waals surface area contributed by atoms with E-state index in [0.717, 1.165) is 69.0 Å². The van der Waals surface area contributed by atoms with Gasteiger partial charge in [-0.2, -0.15) is 0 Å². The van der Waals surface area contributed by atoms with Gasteiger partial charge in [0.05, 0.1) is 31.0 Å². The molecule has 2 saturated carbocycles. The smallest absolute Gasteiger partial charge is 0.336 e. The first kappa shape index (κ1) is 26.5. The molecule has 0 heterocycles. The van der Waals surface area contributed by atoms with Gasteiger partial charge >= 0.3 is 12.0 Å². The van der Waals surface area contributed by atoms with Gasteiger partial charge in [-0.15, -0.1) is 0 Å². The molecule has 34 heavy (non-hydrogen) atoms. The number of unbranched alkanes of at least 4 members (excludes halogenated alkanes) is 1. The number of ether oxygens (including phenoxy) is 2. The zero-order chi connectivity index (χ0) is 24.3. The SMILES string of the molecule is CCCCNC(=O)N(CCO[C@H]1CCC[C@@H](OCc2cccc(C)c2C(=O)O)C1)C1CCCC1. The van der Waals surface area contributed by atoms with Crippen LogP contribution in [0.5, 0.6) is 0 Å². The fourth-order valence-electron chi connectivity index (χ4n) is 5.22. The summed E-state index contributed by atoms with van der Waals surface area (Å²) in [5.74, 6) is -0.910. The number of benzene rings is 1. The van der Waals surface area contributed by atoms with Crippen molar-refractivity contribution in [1.82, 2.24) is 10.2 Å². The number of amides is 2. The van der Waals surface area contributed by atoms with E-state index in [9.17, 15) is 14.7 Å². The lowest BCUT2D eigenvalue weighted by molar-refractivity contribution is -0.0533. The van der Waals surface area contributed by atoms with E-state index in [2.05, 4.69) is 12.2 Å². The number of carbonyl (C=O) groups is 2. The third-order valence-electron chi connectivity index (χ3n) is 7.14. The van der Waals surface area contributed by atoms with Gasteiger partial charge in [0, 0.05) is 19.1 Å². The summed E-state index contributed by atoms with van der Waals surface area (Å²) in [7, 11) is 0. The van der Waals surface area contributed by atoms with Gasteiger partial charge in [-0.25, -0.2) is 9.59 Å². The zero-order valence-electron chi connectivity index (χ0n) is 20.9. The summed E-state index contributed by atoms with van der Waals surface area (Å²) < 4.78 is 12.3. The van der Waals surface area contributed by atoms with Crippen molar-refractivity contribution in [2.24, 2.45) is 0 Å². The Balaban J connectivity index is 1.46. The maximum Gasteiger partial charge on any atom is 0.336 e. The summed E-state index contributed by atoms with van der Waals surface area (Å²) in [6, 6.07) is 5.89. The number of aryl methyl sites for hydroxylation is 1. The Kier molecular flexibility index (Phi) is 10.7. The monoisotopic (exact) mass is 474 g/mol. The molecular weight excluding hydrogens is 432 g/mol. The standard InChI is InChI=1S/C27H42N2O5/c1-3-4-15-28-27(32)29(22-11-5-6-12-22)16-17-33-23-13-8-14-24(18-23)34-19-21-10-7-9-20(2)25(21)26(30)31/h7,9-10,22-24H,3-6,8,11-19H2,1-2H3,(H,28,32)(H,30,31)/t23-,24+/m0/s1. The Morgan fingerprint density at radius 1 is 1.09 bits per heavy atom. The predicted molar refractivity (Wildman–Crippen MR) is 132 cm³/mol. The van der Waals surface area contributed by atoms with Gasteiger partial charge in [0.2, 0.25) is 0 Å². The van der Waals surface area contributed by atoms with Crippen LogP contribution in [0.1, 0.15) is 92.6 Å². The molecule has 0 radical (unpaired) electrons. The third kappa shape index (κ3) is 7.70. The average Bonchev–Trinajstić information content (AvgIpc) is 3.35. The van der Waals surface area contributed by atoms with Crippen LogP contribution in [-0.2, 0) is 16.1 Å². The number of urea groups is 1. The summed E-state index contributed by atoms with van der Waals surface area (Å²) in [6.45, 7) is 6.13. The zero-order valence-corrected chi connectivity index (χ0v) is 20.9. The van der Waals surface area contributed by atoms with Gasteiger partial charge in [-0.3, -0.25) is 0 Å². The minimum atomic E-state index is -0.910. The molecule has 0 spiro atoms. The number of nitrogens with one attached hydrogen (secondary N) is 1. The number of carboxylic acid groups (broad SMARTS) is 1. The highest BCUT2D eigenvalue weighted by atomic mass is 16.5. The Morgan fingerprint density at radius 2 is 1.82 bits per heavy atom. The van der Waals surface area contributed by atoms with Gasteiger partial charge in [-0.1, -0.05) is 44.4 Å². The van der Waals surface area contributed by atoms with Crippen LogP contribution >= 0.6 is 0 Å². The molecule has 2 N–H and O–H groups in total. The molecule has 7 heteroatoms. The quantitative estimate of drug-likeness (QED) is 0.402. The second-order valence-electron chi connectivity index (χ2n) is 9.72. The lowest BCUT2D eigenvalue weighted by Crippen LogP contribution is -2.47.